The van der Waals surface area contributed by atoms with E-state index in [4.69, 9.17) is 5.73 Å². The number of nitrogens with two attached hydrogens (primary N) is 1. The van der Waals surface area contributed by atoms with E-state index in [-0.39, 0.29) is 0 Å². The first kappa shape index (κ1) is 14.4. The number of benzene rings is 1. The molecule has 1 aromatic carbocycles. The average Bonchev–Trinajstić information content (AvgIpc) is 2.38. The van der Waals surface area contributed by atoms with Crippen molar-refractivity contribution in [3.05, 3.63) is 29.3 Å². The maximum absolute atomic E-state index is 11.2. The zero-order valence-electron chi connectivity index (χ0n) is 11.8. The van der Waals surface area contributed by atoms with Gasteiger partial charge in [-0.15, -0.1) is 0 Å². The monoisotopic (exact) mass is 276 g/mol. The third kappa shape index (κ3) is 2.61. The van der Waals surface area contributed by atoms with Crippen molar-refractivity contribution in [3.63, 3.8) is 0 Å². The molecule has 1 aliphatic heterocycles. The topological polar surface area (TPSA) is 83.6 Å². The number of piperidine rings is 1. The van der Waals surface area contributed by atoms with E-state index in [1.807, 2.05) is 19.1 Å². The number of hydrogen-bond acceptors (Lipinski definition) is 3. The maximum atomic E-state index is 11.2. The summed E-state index contributed by atoms with van der Waals surface area (Å²) in [5.74, 6) is -1.15. The van der Waals surface area contributed by atoms with Crippen molar-refractivity contribution in [2.24, 2.45) is 11.1 Å². The molecule has 0 radical (unpaired) electrons. The van der Waals surface area contributed by atoms with Crippen molar-refractivity contribution in [2.45, 2.75) is 26.7 Å². The van der Waals surface area contributed by atoms with Crippen LogP contribution in [0.3, 0.4) is 0 Å². The smallest absolute Gasteiger partial charge is 0.309 e. The Balaban J connectivity index is 2.13. The number of hydrogen-bond donors (Lipinski definition) is 2. The van der Waals surface area contributed by atoms with Gasteiger partial charge >= 0.3 is 5.97 Å². The highest BCUT2D eigenvalue weighted by Crippen LogP contribution is 2.33. The van der Waals surface area contributed by atoms with E-state index in [0.717, 1.165) is 11.3 Å². The largest absolute Gasteiger partial charge is 0.481 e. The van der Waals surface area contributed by atoms with E-state index >= 15 is 0 Å². The predicted molar refractivity (Wildman–Crippen MR) is 76.9 cm³/mol. The molecular weight excluding hydrogens is 256 g/mol. The van der Waals surface area contributed by atoms with Gasteiger partial charge in [-0.1, -0.05) is 0 Å². The fourth-order valence-corrected chi connectivity index (χ4v) is 2.59. The van der Waals surface area contributed by atoms with E-state index in [1.54, 1.807) is 13.0 Å². The van der Waals surface area contributed by atoms with Gasteiger partial charge in [0.25, 0.3) is 0 Å². The molecule has 5 nitrogen and oxygen atoms in total. The van der Waals surface area contributed by atoms with Crippen LogP contribution in [0.15, 0.2) is 18.2 Å². The van der Waals surface area contributed by atoms with Crippen LogP contribution in [-0.2, 0) is 4.79 Å². The van der Waals surface area contributed by atoms with Gasteiger partial charge in [0.2, 0.25) is 5.91 Å². The van der Waals surface area contributed by atoms with Gasteiger partial charge in [-0.25, -0.2) is 0 Å². The number of nitrogens with zero attached hydrogens (tertiary/aromatic N) is 1. The Morgan fingerprint density at radius 2 is 1.90 bits per heavy atom. The van der Waals surface area contributed by atoms with Crippen molar-refractivity contribution in [2.75, 3.05) is 18.0 Å². The summed E-state index contributed by atoms with van der Waals surface area (Å²) in [6.07, 6.45) is 1.25. The standard InChI is InChI=1S/C15H20N2O3/c1-10-9-11(3-4-12(10)13(16)18)17-7-5-15(2,6-8-17)14(19)20/h3-4,9H,5-8H2,1-2H3,(H2,16,18)(H,19,20). The van der Waals surface area contributed by atoms with Crippen LogP contribution in [0.25, 0.3) is 0 Å². The number of primary amides is 1. The van der Waals surface area contributed by atoms with Gasteiger partial charge < -0.3 is 15.7 Å². The van der Waals surface area contributed by atoms with Gasteiger partial charge in [-0.3, -0.25) is 9.59 Å². The van der Waals surface area contributed by atoms with Gasteiger partial charge in [0.05, 0.1) is 5.41 Å². The summed E-state index contributed by atoms with van der Waals surface area (Å²) < 4.78 is 0. The molecule has 1 amide bonds. The SMILES string of the molecule is Cc1cc(N2CCC(C)(C(=O)O)CC2)ccc1C(N)=O. The Labute approximate surface area is 118 Å². The van der Waals surface area contributed by atoms with Crippen LogP contribution in [-0.4, -0.2) is 30.1 Å². The number of carboxylic acid groups (broad SMARTS) is 1. The molecule has 3 N–H and O–H groups in total. The minimum absolute atomic E-state index is 0.425. The number of aliphatic carboxylic acids is 1. The summed E-state index contributed by atoms with van der Waals surface area (Å²) in [5.41, 5.74) is 7.06. The van der Waals surface area contributed by atoms with Crippen LogP contribution in [0.4, 0.5) is 5.69 Å². The molecule has 1 aliphatic rings. The molecule has 1 saturated heterocycles. The quantitative estimate of drug-likeness (QED) is 0.881. The summed E-state index contributed by atoms with van der Waals surface area (Å²) in [6, 6.07) is 5.54. The highest BCUT2D eigenvalue weighted by Gasteiger charge is 2.36. The molecule has 1 aromatic rings. The van der Waals surface area contributed by atoms with E-state index in [2.05, 4.69) is 4.90 Å². The molecule has 0 unspecified atom stereocenters. The van der Waals surface area contributed by atoms with Crippen LogP contribution in [0.5, 0.6) is 0 Å². The van der Waals surface area contributed by atoms with Gasteiger partial charge in [0.1, 0.15) is 0 Å². The molecule has 108 valence electrons. The highest BCUT2D eigenvalue weighted by atomic mass is 16.4. The fraction of sp³-hybridized carbons (Fsp3) is 0.467. The van der Waals surface area contributed by atoms with E-state index < -0.39 is 17.3 Å². The third-order valence-electron chi connectivity index (χ3n) is 4.22. The van der Waals surface area contributed by atoms with Crippen LogP contribution in [0.2, 0.25) is 0 Å². The molecule has 5 heteroatoms. The van der Waals surface area contributed by atoms with Crippen LogP contribution < -0.4 is 10.6 Å². The number of amides is 1. The van der Waals surface area contributed by atoms with E-state index in [9.17, 15) is 14.7 Å². The molecule has 0 spiro atoms. The predicted octanol–water partition coefficient (Wildman–Crippen LogP) is 1.79. The molecule has 0 bridgehead atoms. The Morgan fingerprint density at radius 3 is 2.35 bits per heavy atom. The van der Waals surface area contributed by atoms with Gasteiger partial charge in [-0.05, 0) is 50.5 Å². The molecule has 2 rings (SSSR count). The summed E-state index contributed by atoms with van der Waals surface area (Å²) in [5, 5.41) is 9.23. The first-order valence-corrected chi connectivity index (χ1v) is 6.72. The van der Waals surface area contributed by atoms with Crippen molar-refractivity contribution in [3.8, 4) is 0 Å². The number of aryl methyl sites for hydroxylation is 1. The summed E-state index contributed by atoms with van der Waals surface area (Å²) in [4.78, 5) is 24.6. The van der Waals surface area contributed by atoms with Crippen LogP contribution in [0.1, 0.15) is 35.7 Å². The lowest BCUT2D eigenvalue weighted by molar-refractivity contribution is -0.149. The van der Waals surface area contributed by atoms with Gasteiger partial charge in [-0.2, -0.15) is 0 Å². The summed E-state index contributed by atoms with van der Waals surface area (Å²) in [7, 11) is 0. The number of carbonyl (C=O) groups is 2. The molecule has 0 atom stereocenters. The average molecular weight is 276 g/mol. The van der Waals surface area contributed by atoms with Gasteiger partial charge in [0, 0.05) is 24.3 Å². The minimum atomic E-state index is -0.725. The lowest BCUT2D eigenvalue weighted by Gasteiger charge is -2.37. The normalized spacial score (nSPS) is 17.8. The Bertz CT molecular complexity index is 546. The van der Waals surface area contributed by atoms with E-state index in [1.165, 1.54) is 0 Å². The number of rotatable bonds is 3. The number of carbonyl (C=O) groups excluding carboxylic acids is 1. The second-order valence-electron chi connectivity index (χ2n) is 5.72. The van der Waals surface area contributed by atoms with Crippen molar-refractivity contribution in [1.29, 1.82) is 0 Å². The maximum Gasteiger partial charge on any atom is 0.309 e. The minimum Gasteiger partial charge on any atom is -0.481 e. The first-order chi connectivity index (χ1) is 9.33. The van der Waals surface area contributed by atoms with E-state index in [0.29, 0.717) is 31.5 Å². The second kappa shape index (κ2) is 5.15. The number of anilines is 1. The third-order valence-corrected chi connectivity index (χ3v) is 4.22. The van der Waals surface area contributed by atoms with Crippen molar-refractivity contribution in [1.82, 2.24) is 0 Å². The lowest BCUT2D eigenvalue weighted by atomic mass is 9.80. The zero-order chi connectivity index (χ0) is 14.9. The van der Waals surface area contributed by atoms with Crippen LogP contribution in [0, 0.1) is 12.3 Å². The van der Waals surface area contributed by atoms with Gasteiger partial charge in [0.15, 0.2) is 0 Å². The Hall–Kier alpha value is -2.04. The highest BCUT2D eigenvalue weighted by molar-refractivity contribution is 5.94. The molecule has 1 fully saturated rings. The Kier molecular flexibility index (Phi) is 3.70. The van der Waals surface area contributed by atoms with Crippen LogP contribution >= 0.6 is 0 Å². The first-order valence-electron chi connectivity index (χ1n) is 6.72. The fourth-order valence-electron chi connectivity index (χ4n) is 2.59. The molecule has 0 aliphatic carbocycles. The molecular formula is C15H20N2O3. The van der Waals surface area contributed by atoms with Crippen molar-refractivity contribution < 1.29 is 14.7 Å². The number of carboxylic acids is 1. The molecule has 0 aromatic heterocycles. The lowest BCUT2D eigenvalue weighted by Crippen LogP contribution is -2.42. The van der Waals surface area contributed by atoms with Crippen molar-refractivity contribution >= 4 is 17.6 Å². The second-order valence-corrected chi connectivity index (χ2v) is 5.72. The Morgan fingerprint density at radius 1 is 1.30 bits per heavy atom. The zero-order valence-corrected chi connectivity index (χ0v) is 11.8. The molecule has 20 heavy (non-hydrogen) atoms. The molecule has 1 heterocycles. The summed E-state index contributed by atoms with van der Waals surface area (Å²) >= 11 is 0. The molecule has 0 saturated carbocycles. The summed E-state index contributed by atoms with van der Waals surface area (Å²) in [6.45, 7) is 5.07.